The topological polar surface area (TPSA) is 29.1 Å². The molecular formula is C12H15F2NO. The number of carbonyl (C=O) groups excluding carboxylic acids is 1. The predicted molar refractivity (Wildman–Crippen MR) is 58.2 cm³/mol. The van der Waals surface area contributed by atoms with E-state index in [4.69, 9.17) is 0 Å². The zero-order valence-corrected chi connectivity index (χ0v) is 9.22. The average Bonchev–Trinajstić information content (AvgIpc) is 2.24. The molecule has 4 heteroatoms. The Bertz CT molecular complexity index is 346. The van der Waals surface area contributed by atoms with Gasteiger partial charge in [-0.2, -0.15) is 0 Å². The predicted octanol–water partition coefficient (Wildman–Crippen LogP) is 2.08. The molecule has 0 aliphatic rings. The molecule has 0 fully saturated rings. The van der Waals surface area contributed by atoms with Crippen molar-refractivity contribution in [2.24, 2.45) is 0 Å². The maximum absolute atomic E-state index is 13.2. The zero-order chi connectivity index (χ0) is 12.0. The van der Waals surface area contributed by atoms with E-state index in [1.165, 1.54) is 6.07 Å². The van der Waals surface area contributed by atoms with Gasteiger partial charge in [0, 0.05) is 12.0 Å². The average molecular weight is 227 g/mol. The molecule has 0 aromatic heterocycles. The van der Waals surface area contributed by atoms with E-state index in [1.807, 2.05) is 6.92 Å². The fourth-order valence-electron chi connectivity index (χ4n) is 1.37. The van der Waals surface area contributed by atoms with E-state index in [2.05, 4.69) is 5.32 Å². The minimum Gasteiger partial charge on any atom is -0.310 e. The summed E-state index contributed by atoms with van der Waals surface area (Å²) in [6.45, 7) is 2.86. The van der Waals surface area contributed by atoms with Crippen LogP contribution in [0.2, 0.25) is 0 Å². The van der Waals surface area contributed by atoms with E-state index in [0.717, 1.165) is 25.1 Å². The molecule has 0 bridgehead atoms. The van der Waals surface area contributed by atoms with Gasteiger partial charge in [-0.05, 0) is 25.1 Å². The van der Waals surface area contributed by atoms with Crippen molar-refractivity contribution in [2.75, 3.05) is 13.1 Å². The van der Waals surface area contributed by atoms with Crippen LogP contribution in [0.5, 0.6) is 0 Å². The molecule has 0 saturated heterocycles. The number of carbonyl (C=O) groups is 1. The Morgan fingerprint density at radius 2 is 1.94 bits per heavy atom. The third-order valence-corrected chi connectivity index (χ3v) is 2.18. The van der Waals surface area contributed by atoms with Gasteiger partial charge in [-0.25, -0.2) is 8.78 Å². The lowest BCUT2D eigenvalue weighted by molar-refractivity contribution is -0.117. The van der Waals surface area contributed by atoms with Crippen LogP contribution in [0.3, 0.4) is 0 Å². The molecule has 0 radical (unpaired) electrons. The number of hydrogen-bond acceptors (Lipinski definition) is 2. The molecule has 0 saturated carbocycles. The summed E-state index contributed by atoms with van der Waals surface area (Å²) in [5.74, 6) is -1.54. The molecule has 88 valence electrons. The highest BCUT2D eigenvalue weighted by Crippen LogP contribution is 2.12. The normalized spacial score (nSPS) is 10.4. The zero-order valence-electron chi connectivity index (χ0n) is 9.22. The lowest BCUT2D eigenvalue weighted by Crippen LogP contribution is -2.25. The standard InChI is InChI=1S/C12H15F2NO/c1-2-6-15-8-9(16)7-10-11(13)4-3-5-12(10)14/h3-5,15H,2,6-8H2,1H3. The summed E-state index contributed by atoms with van der Waals surface area (Å²) < 4.78 is 26.4. The van der Waals surface area contributed by atoms with Gasteiger partial charge >= 0.3 is 0 Å². The molecule has 0 atom stereocenters. The van der Waals surface area contributed by atoms with Gasteiger partial charge in [0.2, 0.25) is 0 Å². The van der Waals surface area contributed by atoms with Crippen LogP contribution in [-0.2, 0) is 11.2 Å². The van der Waals surface area contributed by atoms with Crippen molar-refractivity contribution in [1.82, 2.24) is 5.32 Å². The van der Waals surface area contributed by atoms with Gasteiger partial charge in [-0.15, -0.1) is 0 Å². The SMILES string of the molecule is CCCNCC(=O)Cc1c(F)cccc1F. The van der Waals surface area contributed by atoms with Crippen LogP contribution in [0, 0.1) is 11.6 Å². The highest BCUT2D eigenvalue weighted by atomic mass is 19.1. The summed E-state index contributed by atoms with van der Waals surface area (Å²) in [6.07, 6.45) is 0.719. The van der Waals surface area contributed by atoms with E-state index in [9.17, 15) is 13.6 Å². The molecular weight excluding hydrogens is 212 g/mol. The van der Waals surface area contributed by atoms with Crippen LogP contribution in [0.15, 0.2) is 18.2 Å². The molecule has 0 unspecified atom stereocenters. The highest BCUT2D eigenvalue weighted by molar-refractivity contribution is 5.82. The van der Waals surface area contributed by atoms with Crippen LogP contribution in [-0.4, -0.2) is 18.9 Å². The maximum atomic E-state index is 13.2. The Hall–Kier alpha value is -1.29. The molecule has 0 heterocycles. The number of hydrogen-bond donors (Lipinski definition) is 1. The Balaban J connectivity index is 2.56. The number of halogens is 2. The second-order valence-electron chi connectivity index (χ2n) is 3.59. The lowest BCUT2D eigenvalue weighted by Gasteiger charge is -2.05. The van der Waals surface area contributed by atoms with E-state index in [1.54, 1.807) is 0 Å². The smallest absolute Gasteiger partial charge is 0.151 e. The monoisotopic (exact) mass is 227 g/mol. The fraction of sp³-hybridized carbons (Fsp3) is 0.417. The molecule has 0 amide bonds. The molecule has 16 heavy (non-hydrogen) atoms. The first-order valence-electron chi connectivity index (χ1n) is 5.30. The Labute approximate surface area is 93.7 Å². The highest BCUT2D eigenvalue weighted by Gasteiger charge is 2.12. The minimum atomic E-state index is -0.663. The van der Waals surface area contributed by atoms with Crippen molar-refractivity contribution < 1.29 is 13.6 Å². The fourth-order valence-corrected chi connectivity index (χ4v) is 1.37. The molecule has 0 spiro atoms. The first-order valence-corrected chi connectivity index (χ1v) is 5.30. The number of ketones is 1. The van der Waals surface area contributed by atoms with Gasteiger partial charge in [0.1, 0.15) is 11.6 Å². The first-order chi connectivity index (χ1) is 7.65. The summed E-state index contributed by atoms with van der Waals surface area (Å²) in [5.41, 5.74) is -0.147. The van der Waals surface area contributed by atoms with Gasteiger partial charge in [-0.3, -0.25) is 4.79 Å². The Morgan fingerprint density at radius 3 is 2.50 bits per heavy atom. The number of nitrogens with one attached hydrogen (secondary N) is 1. The summed E-state index contributed by atoms with van der Waals surface area (Å²) in [7, 11) is 0. The van der Waals surface area contributed by atoms with Crippen LogP contribution in [0.4, 0.5) is 8.78 Å². The third kappa shape index (κ3) is 3.70. The Kier molecular flexibility index (Phi) is 5.05. The van der Waals surface area contributed by atoms with Gasteiger partial charge in [-0.1, -0.05) is 13.0 Å². The van der Waals surface area contributed by atoms with Gasteiger partial charge in [0.15, 0.2) is 5.78 Å². The van der Waals surface area contributed by atoms with Crippen LogP contribution in [0.1, 0.15) is 18.9 Å². The number of benzene rings is 1. The minimum absolute atomic E-state index is 0.147. The largest absolute Gasteiger partial charge is 0.310 e. The number of rotatable bonds is 6. The van der Waals surface area contributed by atoms with Gasteiger partial charge in [0.05, 0.1) is 6.54 Å². The first kappa shape index (κ1) is 12.8. The van der Waals surface area contributed by atoms with E-state index in [-0.39, 0.29) is 24.3 Å². The van der Waals surface area contributed by atoms with Crippen molar-refractivity contribution in [3.05, 3.63) is 35.4 Å². The van der Waals surface area contributed by atoms with Crippen molar-refractivity contribution >= 4 is 5.78 Å². The van der Waals surface area contributed by atoms with Crippen molar-refractivity contribution in [1.29, 1.82) is 0 Å². The Morgan fingerprint density at radius 1 is 1.31 bits per heavy atom. The molecule has 1 aromatic rings. The summed E-state index contributed by atoms with van der Waals surface area (Å²) >= 11 is 0. The molecule has 0 aliphatic carbocycles. The van der Waals surface area contributed by atoms with E-state index < -0.39 is 11.6 Å². The summed E-state index contributed by atoms with van der Waals surface area (Å²) in [6, 6.07) is 3.60. The lowest BCUT2D eigenvalue weighted by atomic mass is 10.1. The second kappa shape index (κ2) is 6.33. The van der Waals surface area contributed by atoms with Crippen LogP contribution >= 0.6 is 0 Å². The summed E-state index contributed by atoms with van der Waals surface area (Å²) in [4.78, 5) is 11.4. The van der Waals surface area contributed by atoms with Gasteiger partial charge in [0.25, 0.3) is 0 Å². The van der Waals surface area contributed by atoms with Crippen molar-refractivity contribution in [3.8, 4) is 0 Å². The summed E-state index contributed by atoms with van der Waals surface area (Å²) in [5, 5.41) is 2.90. The van der Waals surface area contributed by atoms with E-state index >= 15 is 0 Å². The molecule has 2 nitrogen and oxygen atoms in total. The van der Waals surface area contributed by atoms with Crippen LogP contribution in [0.25, 0.3) is 0 Å². The molecule has 0 aliphatic heterocycles. The van der Waals surface area contributed by atoms with E-state index in [0.29, 0.717) is 0 Å². The molecule has 1 aromatic carbocycles. The van der Waals surface area contributed by atoms with Crippen molar-refractivity contribution in [3.63, 3.8) is 0 Å². The molecule has 1 rings (SSSR count). The van der Waals surface area contributed by atoms with Crippen LogP contribution < -0.4 is 5.32 Å². The maximum Gasteiger partial charge on any atom is 0.151 e. The third-order valence-electron chi connectivity index (χ3n) is 2.18. The molecule has 1 N–H and O–H groups in total. The van der Waals surface area contributed by atoms with Crippen molar-refractivity contribution in [2.45, 2.75) is 19.8 Å². The second-order valence-corrected chi connectivity index (χ2v) is 3.59. The quantitative estimate of drug-likeness (QED) is 0.754. The van der Waals surface area contributed by atoms with Gasteiger partial charge < -0.3 is 5.32 Å². The number of Topliss-reactive ketones (excluding diaryl/α,β-unsaturated/α-hetero) is 1.